The Balaban J connectivity index is 0.830. The van der Waals surface area contributed by atoms with Crippen molar-refractivity contribution in [2.75, 3.05) is 65.0 Å². The van der Waals surface area contributed by atoms with Crippen LogP contribution in [0.15, 0.2) is 77.9 Å². The summed E-state index contributed by atoms with van der Waals surface area (Å²) < 4.78 is 24.8. The molecule has 1 aromatic heterocycles. The molecule has 3 amide bonds. The highest BCUT2D eigenvalue weighted by Gasteiger charge is 2.32. The maximum Gasteiger partial charge on any atom is 0.256 e. The zero-order valence-electron chi connectivity index (χ0n) is 32.1. The SMILES string of the molecule is COc1cc2c(cc1OCCCC(=O)Nc1ccc(-c3cc(CC(=O)NCc4ccc(OCCN5CCOCC5)cc4)n(C)c3)cc1)N=C[C@@H]1CCCN1C2=O. The van der Waals surface area contributed by atoms with Crippen LogP contribution in [0.1, 0.15) is 47.3 Å². The van der Waals surface area contributed by atoms with Gasteiger partial charge in [-0.15, -0.1) is 0 Å². The summed E-state index contributed by atoms with van der Waals surface area (Å²) in [4.78, 5) is 47.5. The Morgan fingerprint density at radius 3 is 2.50 bits per heavy atom. The molecule has 0 aliphatic carbocycles. The molecule has 2 saturated heterocycles. The molecule has 1 atom stereocenters. The van der Waals surface area contributed by atoms with Crippen LogP contribution in [0.25, 0.3) is 11.1 Å². The number of nitrogens with zero attached hydrogens (tertiary/aromatic N) is 4. The van der Waals surface area contributed by atoms with Gasteiger partial charge in [-0.05, 0) is 72.4 Å². The molecule has 0 bridgehead atoms. The molecule has 13 nitrogen and oxygen atoms in total. The number of aryl methyl sites for hydroxylation is 1. The highest BCUT2D eigenvalue weighted by molar-refractivity contribution is 6.03. The van der Waals surface area contributed by atoms with E-state index >= 15 is 0 Å². The normalized spacial score (nSPS) is 16.5. The van der Waals surface area contributed by atoms with Gasteiger partial charge in [0.25, 0.3) is 5.91 Å². The molecule has 294 valence electrons. The molecule has 2 N–H and O–H groups in total. The number of methoxy groups -OCH3 is 1. The topological polar surface area (TPSA) is 136 Å². The molecule has 0 unspecified atom stereocenters. The lowest BCUT2D eigenvalue weighted by atomic mass is 10.1. The van der Waals surface area contributed by atoms with E-state index in [-0.39, 0.29) is 36.6 Å². The number of ether oxygens (including phenoxy) is 4. The number of benzene rings is 3. The fourth-order valence-electron chi connectivity index (χ4n) is 7.20. The average molecular weight is 763 g/mol. The highest BCUT2D eigenvalue weighted by atomic mass is 16.5. The van der Waals surface area contributed by atoms with Gasteiger partial charge in [0.05, 0.1) is 50.6 Å². The lowest BCUT2D eigenvalue weighted by Gasteiger charge is -2.26. The number of hydrogen-bond acceptors (Lipinski definition) is 9. The standard InChI is InChI=1S/C43H50N6O7/c1-47-29-32(23-35(47)24-42(51)45-27-30-7-13-36(14-8-30)55-22-18-48-16-20-54-21-17-48)31-9-11-33(12-10-31)46-41(50)6-4-19-56-40-26-38-37(25-39(40)53-2)43(52)49-15-3-5-34(49)28-44-38/h7-14,23,25-26,28-29,34H,3-6,15-22,24,27H2,1-2H3,(H,45,51)(H,46,50)/t34-/m0/s1. The molecule has 3 aliphatic rings. The van der Waals surface area contributed by atoms with Crippen molar-refractivity contribution in [3.05, 3.63) is 89.7 Å². The third-order valence-corrected chi connectivity index (χ3v) is 10.4. The van der Waals surface area contributed by atoms with Gasteiger partial charge in [-0.25, -0.2) is 0 Å². The molecular formula is C43H50N6O7. The van der Waals surface area contributed by atoms with E-state index in [1.165, 1.54) is 0 Å². The van der Waals surface area contributed by atoms with Crippen LogP contribution in [0.3, 0.4) is 0 Å². The summed E-state index contributed by atoms with van der Waals surface area (Å²) in [6.45, 7) is 6.40. The Morgan fingerprint density at radius 1 is 0.911 bits per heavy atom. The van der Waals surface area contributed by atoms with E-state index in [1.807, 2.05) is 83.5 Å². The maximum atomic E-state index is 13.1. The second-order valence-electron chi connectivity index (χ2n) is 14.3. The predicted octanol–water partition coefficient (Wildman–Crippen LogP) is 5.39. The van der Waals surface area contributed by atoms with Gasteiger partial charge in [0.2, 0.25) is 11.8 Å². The number of amides is 3. The first kappa shape index (κ1) is 38.6. The van der Waals surface area contributed by atoms with E-state index in [0.717, 1.165) is 80.4 Å². The number of aliphatic imine (C=N–C) groups is 1. The summed E-state index contributed by atoms with van der Waals surface area (Å²) in [5.41, 5.74) is 5.62. The third-order valence-electron chi connectivity index (χ3n) is 10.4. The molecule has 7 rings (SSSR count). The number of rotatable bonds is 16. The molecule has 4 heterocycles. The molecule has 0 spiro atoms. The zero-order chi connectivity index (χ0) is 38.9. The molecular weight excluding hydrogens is 713 g/mol. The Morgan fingerprint density at radius 2 is 1.71 bits per heavy atom. The van der Waals surface area contributed by atoms with Crippen molar-refractivity contribution in [3.8, 4) is 28.4 Å². The van der Waals surface area contributed by atoms with Crippen LogP contribution >= 0.6 is 0 Å². The first-order valence-electron chi connectivity index (χ1n) is 19.4. The smallest absolute Gasteiger partial charge is 0.256 e. The van der Waals surface area contributed by atoms with Gasteiger partial charge in [0, 0.05) is 76.1 Å². The third kappa shape index (κ3) is 9.76. The summed E-state index contributed by atoms with van der Waals surface area (Å²) in [6.07, 6.45) is 6.73. The fraction of sp³-hybridized carbons (Fsp3) is 0.395. The van der Waals surface area contributed by atoms with Crippen LogP contribution in [0.5, 0.6) is 17.2 Å². The molecule has 3 aliphatic heterocycles. The number of fused-ring (bicyclic) bond motifs is 2. The van der Waals surface area contributed by atoms with E-state index in [2.05, 4.69) is 20.5 Å². The highest BCUT2D eigenvalue weighted by Crippen LogP contribution is 2.38. The number of morpholine rings is 1. The molecule has 0 radical (unpaired) electrons. The Hall–Kier alpha value is -5.66. The largest absolute Gasteiger partial charge is 0.493 e. The Bertz CT molecular complexity index is 2020. The lowest BCUT2D eigenvalue weighted by molar-refractivity contribution is -0.120. The number of nitrogens with one attached hydrogen (secondary N) is 2. The number of carbonyl (C=O) groups is 3. The minimum Gasteiger partial charge on any atom is -0.493 e. The second-order valence-corrected chi connectivity index (χ2v) is 14.3. The number of aromatic nitrogens is 1. The van der Waals surface area contributed by atoms with Gasteiger partial charge < -0.3 is 39.0 Å². The van der Waals surface area contributed by atoms with Gasteiger partial charge in [-0.1, -0.05) is 24.3 Å². The van der Waals surface area contributed by atoms with Gasteiger partial charge in [0.15, 0.2) is 11.5 Å². The van der Waals surface area contributed by atoms with Crippen LogP contribution in [-0.4, -0.2) is 104 Å². The van der Waals surface area contributed by atoms with Crippen molar-refractivity contribution in [2.45, 2.75) is 44.7 Å². The number of carbonyl (C=O) groups excluding carboxylic acids is 3. The van der Waals surface area contributed by atoms with Crippen LogP contribution in [0, 0.1) is 0 Å². The van der Waals surface area contributed by atoms with E-state index in [1.54, 1.807) is 19.2 Å². The quantitative estimate of drug-likeness (QED) is 0.145. The van der Waals surface area contributed by atoms with Crippen molar-refractivity contribution in [3.63, 3.8) is 0 Å². The minimum atomic E-state index is -0.122. The van der Waals surface area contributed by atoms with E-state index in [0.29, 0.717) is 54.6 Å². The molecule has 3 aromatic carbocycles. The molecule has 2 fully saturated rings. The van der Waals surface area contributed by atoms with Crippen LogP contribution < -0.4 is 24.8 Å². The predicted molar refractivity (Wildman–Crippen MR) is 214 cm³/mol. The van der Waals surface area contributed by atoms with Crippen LogP contribution in [0.4, 0.5) is 11.4 Å². The summed E-state index contributed by atoms with van der Waals surface area (Å²) in [6, 6.07) is 21.0. The van der Waals surface area contributed by atoms with Gasteiger partial charge in [-0.2, -0.15) is 0 Å². The lowest BCUT2D eigenvalue weighted by Crippen LogP contribution is -2.38. The van der Waals surface area contributed by atoms with Crippen molar-refractivity contribution < 1.29 is 33.3 Å². The summed E-state index contributed by atoms with van der Waals surface area (Å²) in [5.74, 6) is 1.54. The van der Waals surface area contributed by atoms with Gasteiger partial charge >= 0.3 is 0 Å². The average Bonchev–Trinajstić information content (AvgIpc) is 3.81. The molecule has 4 aromatic rings. The van der Waals surface area contributed by atoms with Crippen molar-refractivity contribution in [2.24, 2.45) is 12.0 Å². The van der Waals surface area contributed by atoms with Crippen LogP contribution in [0.2, 0.25) is 0 Å². The van der Waals surface area contributed by atoms with Gasteiger partial charge in [-0.3, -0.25) is 24.3 Å². The van der Waals surface area contributed by atoms with E-state index < -0.39 is 0 Å². The maximum absolute atomic E-state index is 13.1. The van der Waals surface area contributed by atoms with Crippen molar-refractivity contribution in [1.29, 1.82) is 0 Å². The summed E-state index contributed by atoms with van der Waals surface area (Å²) >= 11 is 0. The fourth-order valence-corrected chi connectivity index (χ4v) is 7.20. The number of anilines is 1. The zero-order valence-corrected chi connectivity index (χ0v) is 32.1. The van der Waals surface area contributed by atoms with Crippen molar-refractivity contribution >= 4 is 35.3 Å². The number of hydrogen-bond donors (Lipinski definition) is 2. The monoisotopic (exact) mass is 762 g/mol. The summed E-state index contributed by atoms with van der Waals surface area (Å²) in [7, 11) is 3.47. The summed E-state index contributed by atoms with van der Waals surface area (Å²) in [5, 5.41) is 5.98. The first-order chi connectivity index (χ1) is 27.3. The molecule has 56 heavy (non-hydrogen) atoms. The molecule has 0 saturated carbocycles. The minimum absolute atomic E-state index is 0.0232. The molecule has 13 heteroatoms. The second kappa shape index (κ2) is 18.3. The van der Waals surface area contributed by atoms with Crippen LogP contribution in [-0.2, 0) is 34.3 Å². The Kier molecular flexibility index (Phi) is 12.6. The van der Waals surface area contributed by atoms with E-state index in [9.17, 15) is 14.4 Å². The Labute approximate surface area is 327 Å². The van der Waals surface area contributed by atoms with Gasteiger partial charge in [0.1, 0.15) is 12.4 Å². The van der Waals surface area contributed by atoms with E-state index in [4.69, 9.17) is 18.9 Å². The van der Waals surface area contributed by atoms with Crippen molar-refractivity contribution in [1.82, 2.24) is 19.7 Å². The first-order valence-corrected chi connectivity index (χ1v) is 19.4.